The van der Waals surface area contributed by atoms with Gasteiger partial charge >= 0.3 is 5.97 Å². The highest BCUT2D eigenvalue weighted by Gasteiger charge is 2.19. The maximum Gasteiger partial charge on any atom is 0.311 e. The van der Waals surface area contributed by atoms with Gasteiger partial charge in [0.25, 0.3) is 5.91 Å². The highest BCUT2D eigenvalue weighted by atomic mass is 35.5. The van der Waals surface area contributed by atoms with E-state index in [0.29, 0.717) is 22.9 Å². The van der Waals surface area contributed by atoms with Crippen molar-refractivity contribution in [2.75, 3.05) is 7.11 Å². The number of esters is 1. The molecule has 0 saturated heterocycles. The Morgan fingerprint density at radius 3 is 2.79 bits per heavy atom. The van der Waals surface area contributed by atoms with Gasteiger partial charge < -0.3 is 14.8 Å². The third kappa shape index (κ3) is 5.25. The van der Waals surface area contributed by atoms with Crippen LogP contribution in [0, 0.1) is 0 Å². The number of carbonyl (C=O) groups excluding carboxylic acids is 2. The molecule has 2 rings (SSSR count). The molecule has 1 heterocycles. The molecule has 0 aliphatic rings. The number of rotatable bonds is 7. The Balaban J connectivity index is 1.87. The molecule has 0 aliphatic heterocycles. The van der Waals surface area contributed by atoms with Crippen LogP contribution in [0.4, 0.5) is 0 Å². The molecule has 1 aromatic carbocycles. The molecule has 0 unspecified atom stereocenters. The molecule has 0 bridgehead atoms. The summed E-state index contributed by atoms with van der Waals surface area (Å²) in [6, 6.07) is 8.84. The molecule has 0 fully saturated rings. The van der Waals surface area contributed by atoms with Crippen LogP contribution in [0.5, 0.6) is 5.75 Å². The van der Waals surface area contributed by atoms with Crippen LogP contribution in [0.15, 0.2) is 35.7 Å². The van der Waals surface area contributed by atoms with E-state index in [1.165, 1.54) is 14.0 Å². The first-order valence-corrected chi connectivity index (χ1v) is 8.57. The minimum Gasteiger partial charge on any atom is -0.496 e. The maximum atomic E-state index is 12.0. The summed E-state index contributed by atoms with van der Waals surface area (Å²) in [5.74, 6) is -0.310. The third-order valence-corrected chi connectivity index (χ3v) is 4.38. The first kappa shape index (κ1) is 18.3. The summed E-state index contributed by atoms with van der Waals surface area (Å²) in [6.07, 6.45) is -0.894. The van der Waals surface area contributed by atoms with E-state index in [1.807, 2.05) is 17.5 Å². The average Bonchev–Trinajstić information content (AvgIpc) is 3.06. The van der Waals surface area contributed by atoms with E-state index in [0.717, 1.165) is 4.88 Å². The highest BCUT2D eigenvalue weighted by molar-refractivity contribution is 7.09. The predicted octanol–water partition coefficient (Wildman–Crippen LogP) is 3.20. The summed E-state index contributed by atoms with van der Waals surface area (Å²) >= 11 is 7.48. The zero-order valence-electron chi connectivity index (χ0n) is 13.4. The minimum atomic E-state index is -0.873. The second-order valence-electron chi connectivity index (χ2n) is 5.06. The molecule has 5 nitrogen and oxygen atoms in total. The van der Waals surface area contributed by atoms with Crippen LogP contribution in [-0.4, -0.2) is 25.1 Å². The number of thiophene rings is 1. The smallest absolute Gasteiger partial charge is 0.311 e. The second-order valence-corrected chi connectivity index (χ2v) is 6.53. The number of nitrogens with one attached hydrogen (secondary N) is 1. The standard InChI is InChI=1S/C17H18ClNO4S/c1-11(17(21)19-10-14-4-3-7-24-14)23-16(20)9-12-8-13(18)5-6-15(12)22-2/h3-8,11H,9-10H2,1-2H3,(H,19,21)/t11-/m0/s1. The molecule has 128 valence electrons. The van der Waals surface area contributed by atoms with Gasteiger partial charge in [-0.05, 0) is 36.6 Å². The number of hydrogen-bond acceptors (Lipinski definition) is 5. The summed E-state index contributed by atoms with van der Waals surface area (Å²) in [5, 5.41) is 5.17. The number of carbonyl (C=O) groups is 2. The van der Waals surface area contributed by atoms with Crippen molar-refractivity contribution in [2.45, 2.75) is 26.0 Å². The lowest BCUT2D eigenvalue weighted by Crippen LogP contribution is -2.35. The molecule has 7 heteroatoms. The van der Waals surface area contributed by atoms with Gasteiger partial charge in [0.15, 0.2) is 6.10 Å². The molecule has 2 aromatic rings. The van der Waals surface area contributed by atoms with E-state index in [4.69, 9.17) is 21.1 Å². The first-order chi connectivity index (χ1) is 11.5. The van der Waals surface area contributed by atoms with Crippen LogP contribution in [0.3, 0.4) is 0 Å². The number of halogens is 1. The topological polar surface area (TPSA) is 64.6 Å². The molecular formula is C17H18ClNO4S. The second kappa shape index (κ2) is 8.70. The first-order valence-electron chi connectivity index (χ1n) is 7.31. The van der Waals surface area contributed by atoms with Crippen LogP contribution >= 0.6 is 22.9 Å². The van der Waals surface area contributed by atoms with Crippen molar-refractivity contribution in [1.29, 1.82) is 0 Å². The zero-order chi connectivity index (χ0) is 17.5. The van der Waals surface area contributed by atoms with Gasteiger partial charge in [-0.1, -0.05) is 17.7 Å². The Morgan fingerprint density at radius 2 is 2.12 bits per heavy atom. The highest BCUT2D eigenvalue weighted by Crippen LogP contribution is 2.23. The van der Waals surface area contributed by atoms with Crippen LogP contribution < -0.4 is 10.1 Å². The van der Waals surface area contributed by atoms with Crippen LogP contribution in [-0.2, 0) is 27.3 Å². The van der Waals surface area contributed by atoms with Crippen LogP contribution in [0.25, 0.3) is 0 Å². The summed E-state index contributed by atoms with van der Waals surface area (Å²) in [4.78, 5) is 25.0. The molecule has 0 radical (unpaired) electrons. The largest absolute Gasteiger partial charge is 0.496 e. The number of hydrogen-bond donors (Lipinski definition) is 1. The molecule has 0 saturated carbocycles. The van der Waals surface area contributed by atoms with E-state index in [2.05, 4.69) is 5.32 Å². The van der Waals surface area contributed by atoms with E-state index < -0.39 is 12.1 Å². The van der Waals surface area contributed by atoms with Crippen molar-refractivity contribution in [3.63, 3.8) is 0 Å². The zero-order valence-corrected chi connectivity index (χ0v) is 14.9. The van der Waals surface area contributed by atoms with Gasteiger partial charge in [0.2, 0.25) is 0 Å². The number of benzene rings is 1. The Bertz CT molecular complexity index is 703. The van der Waals surface area contributed by atoms with Gasteiger partial charge in [-0.15, -0.1) is 11.3 Å². The van der Waals surface area contributed by atoms with Crippen LogP contribution in [0.1, 0.15) is 17.4 Å². The van der Waals surface area contributed by atoms with Crippen molar-refractivity contribution in [1.82, 2.24) is 5.32 Å². The van der Waals surface area contributed by atoms with Crippen LogP contribution in [0.2, 0.25) is 5.02 Å². The van der Waals surface area contributed by atoms with Gasteiger partial charge in [-0.25, -0.2) is 0 Å². The van der Waals surface area contributed by atoms with E-state index in [9.17, 15) is 9.59 Å². The Hall–Kier alpha value is -2.05. The lowest BCUT2D eigenvalue weighted by Gasteiger charge is -2.14. The fourth-order valence-corrected chi connectivity index (χ4v) is 2.90. The van der Waals surface area contributed by atoms with E-state index >= 15 is 0 Å². The summed E-state index contributed by atoms with van der Waals surface area (Å²) < 4.78 is 10.4. The average molecular weight is 368 g/mol. The minimum absolute atomic E-state index is 0.0215. The SMILES string of the molecule is COc1ccc(Cl)cc1CC(=O)O[C@@H](C)C(=O)NCc1cccs1. The van der Waals surface area contributed by atoms with Crippen molar-refractivity contribution >= 4 is 34.8 Å². The van der Waals surface area contributed by atoms with Gasteiger partial charge in [-0.3, -0.25) is 9.59 Å². The lowest BCUT2D eigenvalue weighted by atomic mass is 10.1. The van der Waals surface area contributed by atoms with E-state index in [-0.39, 0.29) is 12.3 Å². The van der Waals surface area contributed by atoms with Crippen molar-refractivity contribution in [3.05, 3.63) is 51.2 Å². The van der Waals surface area contributed by atoms with Crippen molar-refractivity contribution < 1.29 is 19.1 Å². The Morgan fingerprint density at radius 1 is 1.33 bits per heavy atom. The Kier molecular flexibility index (Phi) is 6.63. The Labute approximate surface area is 149 Å². The molecule has 24 heavy (non-hydrogen) atoms. The lowest BCUT2D eigenvalue weighted by molar-refractivity contribution is -0.154. The summed E-state index contributed by atoms with van der Waals surface area (Å²) in [5.41, 5.74) is 0.612. The summed E-state index contributed by atoms with van der Waals surface area (Å²) in [7, 11) is 1.51. The monoisotopic (exact) mass is 367 g/mol. The maximum absolute atomic E-state index is 12.0. The quantitative estimate of drug-likeness (QED) is 0.763. The fourth-order valence-electron chi connectivity index (χ4n) is 2.06. The fraction of sp³-hybridized carbons (Fsp3) is 0.294. The molecule has 1 N–H and O–H groups in total. The van der Waals surface area contributed by atoms with Gasteiger partial charge in [0.05, 0.1) is 20.1 Å². The number of methoxy groups -OCH3 is 1. The van der Waals surface area contributed by atoms with Crippen molar-refractivity contribution in [2.24, 2.45) is 0 Å². The van der Waals surface area contributed by atoms with Gasteiger partial charge in [0, 0.05) is 15.5 Å². The predicted molar refractivity (Wildman–Crippen MR) is 93.4 cm³/mol. The normalized spacial score (nSPS) is 11.6. The molecular weight excluding hydrogens is 350 g/mol. The molecule has 1 amide bonds. The number of ether oxygens (including phenoxy) is 2. The molecule has 0 spiro atoms. The molecule has 0 aliphatic carbocycles. The number of amides is 1. The van der Waals surface area contributed by atoms with Gasteiger partial charge in [-0.2, -0.15) is 0 Å². The molecule has 1 atom stereocenters. The van der Waals surface area contributed by atoms with Crippen molar-refractivity contribution in [3.8, 4) is 5.75 Å². The van der Waals surface area contributed by atoms with Gasteiger partial charge in [0.1, 0.15) is 5.75 Å². The van der Waals surface area contributed by atoms with E-state index in [1.54, 1.807) is 29.5 Å². The molecule has 1 aromatic heterocycles. The third-order valence-electron chi connectivity index (χ3n) is 3.27. The summed E-state index contributed by atoms with van der Waals surface area (Å²) in [6.45, 7) is 1.96.